The SMILES string of the molecule is CSc1nnc(-c2csc(-c3ccccc3)n2)o1. The molecule has 0 aliphatic carbocycles. The summed E-state index contributed by atoms with van der Waals surface area (Å²) in [5, 5.41) is 11.3. The van der Waals surface area contributed by atoms with Crippen LogP contribution in [0.25, 0.3) is 22.2 Å². The van der Waals surface area contributed by atoms with E-state index in [4.69, 9.17) is 4.42 Å². The minimum absolute atomic E-state index is 0.470. The molecule has 90 valence electrons. The Hall–Kier alpha value is -1.66. The van der Waals surface area contributed by atoms with E-state index in [0.717, 1.165) is 16.3 Å². The van der Waals surface area contributed by atoms with Gasteiger partial charge in [0.1, 0.15) is 10.7 Å². The third kappa shape index (κ3) is 2.16. The molecule has 3 aromatic rings. The molecule has 0 atom stereocenters. The van der Waals surface area contributed by atoms with Crippen LogP contribution in [-0.2, 0) is 0 Å². The molecule has 0 saturated heterocycles. The Morgan fingerprint density at radius 2 is 2.00 bits per heavy atom. The first-order valence-corrected chi connectivity index (χ1v) is 7.36. The Bertz CT molecular complexity index is 648. The zero-order chi connectivity index (χ0) is 12.4. The van der Waals surface area contributed by atoms with E-state index in [9.17, 15) is 0 Å². The molecule has 6 heteroatoms. The predicted molar refractivity (Wildman–Crippen MR) is 72.6 cm³/mol. The van der Waals surface area contributed by atoms with Crippen molar-refractivity contribution in [3.63, 3.8) is 0 Å². The van der Waals surface area contributed by atoms with E-state index < -0.39 is 0 Å². The zero-order valence-corrected chi connectivity index (χ0v) is 11.2. The molecule has 0 bridgehead atoms. The van der Waals surface area contributed by atoms with Gasteiger partial charge in [0.15, 0.2) is 0 Å². The summed E-state index contributed by atoms with van der Waals surface area (Å²) in [6, 6.07) is 10.0. The van der Waals surface area contributed by atoms with Gasteiger partial charge in [-0.25, -0.2) is 4.98 Å². The molecule has 3 rings (SSSR count). The molecule has 0 unspecified atom stereocenters. The number of nitrogens with zero attached hydrogens (tertiary/aromatic N) is 3. The Kier molecular flexibility index (Phi) is 3.12. The summed E-state index contributed by atoms with van der Waals surface area (Å²) in [6.07, 6.45) is 1.90. The van der Waals surface area contributed by atoms with Gasteiger partial charge in [0, 0.05) is 10.9 Å². The molecule has 1 aromatic carbocycles. The molecule has 0 radical (unpaired) electrons. The second-order valence-corrected chi connectivity index (χ2v) is 5.10. The smallest absolute Gasteiger partial charge is 0.276 e. The molecule has 0 amide bonds. The predicted octanol–water partition coefficient (Wildman–Crippen LogP) is 3.58. The fourth-order valence-corrected chi connectivity index (χ4v) is 2.57. The van der Waals surface area contributed by atoms with E-state index in [-0.39, 0.29) is 0 Å². The minimum Gasteiger partial charge on any atom is -0.410 e. The second-order valence-electron chi connectivity index (χ2n) is 3.48. The number of rotatable bonds is 3. The average molecular weight is 275 g/mol. The van der Waals surface area contributed by atoms with Crippen LogP contribution < -0.4 is 0 Å². The van der Waals surface area contributed by atoms with Crippen molar-refractivity contribution in [1.82, 2.24) is 15.2 Å². The monoisotopic (exact) mass is 275 g/mol. The van der Waals surface area contributed by atoms with E-state index in [0.29, 0.717) is 11.1 Å². The number of hydrogen-bond donors (Lipinski definition) is 0. The summed E-state index contributed by atoms with van der Waals surface area (Å²) < 4.78 is 5.45. The van der Waals surface area contributed by atoms with Crippen molar-refractivity contribution < 1.29 is 4.42 Å². The van der Waals surface area contributed by atoms with Gasteiger partial charge in [0.2, 0.25) is 0 Å². The van der Waals surface area contributed by atoms with Crippen LogP contribution in [0.5, 0.6) is 0 Å². The van der Waals surface area contributed by atoms with Gasteiger partial charge >= 0.3 is 0 Å². The molecule has 0 spiro atoms. The Morgan fingerprint density at radius 3 is 2.72 bits per heavy atom. The van der Waals surface area contributed by atoms with Crippen LogP contribution in [0.2, 0.25) is 0 Å². The summed E-state index contributed by atoms with van der Waals surface area (Å²) in [6.45, 7) is 0. The highest BCUT2D eigenvalue weighted by Gasteiger charge is 2.12. The largest absolute Gasteiger partial charge is 0.410 e. The summed E-state index contributed by atoms with van der Waals surface area (Å²) in [5.74, 6) is 0.470. The van der Waals surface area contributed by atoms with Crippen molar-refractivity contribution in [2.24, 2.45) is 0 Å². The highest BCUT2D eigenvalue weighted by atomic mass is 32.2. The lowest BCUT2D eigenvalue weighted by Crippen LogP contribution is -1.79. The van der Waals surface area contributed by atoms with Crippen molar-refractivity contribution in [3.8, 4) is 22.2 Å². The van der Waals surface area contributed by atoms with Crippen molar-refractivity contribution >= 4 is 23.1 Å². The van der Waals surface area contributed by atoms with Gasteiger partial charge in [-0.3, -0.25) is 0 Å². The first kappa shape index (κ1) is 11.4. The molecule has 0 aliphatic rings. The number of hydrogen-bond acceptors (Lipinski definition) is 6. The maximum absolute atomic E-state index is 5.45. The molecule has 0 aliphatic heterocycles. The normalized spacial score (nSPS) is 10.7. The third-order valence-electron chi connectivity index (χ3n) is 2.33. The zero-order valence-electron chi connectivity index (χ0n) is 9.53. The first-order chi connectivity index (χ1) is 8.86. The van der Waals surface area contributed by atoms with Gasteiger partial charge in [-0.15, -0.1) is 21.5 Å². The molecule has 2 aromatic heterocycles. The summed E-state index contributed by atoms with van der Waals surface area (Å²) in [7, 11) is 0. The van der Waals surface area contributed by atoms with Gasteiger partial charge < -0.3 is 4.42 Å². The maximum atomic E-state index is 5.45. The van der Waals surface area contributed by atoms with Gasteiger partial charge in [0.25, 0.3) is 11.1 Å². The van der Waals surface area contributed by atoms with Gasteiger partial charge in [0.05, 0.1) is 0 Å². The summed E-state index contributed by atoms with van der Waals surface area (Å²) >= 11 is 2.99. The summed E-state index contributed by atoms with van der Waals surface area (Å²) in [4.78, 5) is 4.51. The molecule has 18 heavy (non-hydrogen) atoms. The Balaban J connectivity index is 1.94. The van der Waals surface area contributed by atoms with E-state index >= 15 is 0 Å². The van der Waals surface area contributed by atoms with Crippen LogP contribution in [-0.4, -0.2) is 21.4 Å². The van der Waals surface area contributed by atoms with E-state index in [1.165, 1.54) is 11.8 Å². The minimum atomic E-state index is 0.470. The maximum Gasteiger partial charge on any atom is 0.276 e. The number of benzene rings is 1. The molecule has 0 N–H and O–H groups in total. The highest BCUT2D eigenvalue weighted by molar-refractivity contribution is 7.98. The van der Waals surface area contributed by atoms with Crippen molar-refractivity contribution in [2.75, 3.05) is 6.26 Å². The fraction of sp³-hybridized carbons (Fsp3) is 0.0833. The van der Waals surface area contributed by atoms with Crippen LogP contribution in [0.4, 0.5) is 0 Å². The van der Waals surface area contributed by atoms with Gasteiger partial charge in [-0.1, -0.05) is 42.1 Å². The Morgan fingerprint density at radius 1 is 1.17 bits per heavy atom. The molecular formula is C12H9N3OS2. The van der Waals surface area contributed by atoms with Crippen molar-refractivity contribution in [1.29, 1.82) is 0 Å². The number of thioether (sulfide) groups is 1. The number of aromatic nitrogens is 3. The Labute approximate surface area is 112 Å². The van der Waals surface area contributed by atoms with Crippen LogP contribution in [0.1, 0.15) is 0 Å². The average Bonchev–Trinajstić information content (AvgIpc) is 3.08. The van der Waals surface area contributed by atoms with Gasteiger partial charge in [-0.05, 0) is 6.26 Å². The van der Waals surface area contributed by atoms with E-state index in [2.05, 4.69) is 15.2 Å². The van der Waals surface area contributed by atoms with Crippen LogP contribution in [0, 0.1) is 0 Å². The molecule has 0 saturated carbocycles. The van der Waals surface area contributed by atoms with Crippen molar-refractivity contribution in [3.05, 3.63) is 35.7 Å². The van der Waals surface area contributed by atoms with Crippen LogP contribution >= 0.6 is 23.1 Å². The molecule has 2 heterocycles. The van der Waals surface area contributed by atoms with Gasteiger partial charge in [-0.2, -0.15) is 0 Å². The lowest BCUT2D eigenvalue weighted by atomic mass is 10.2. The fourth-order valence-electron chi connectivity index (χ4n) is 1.48. The van der Waals surface area contributed by atoms with Crippen molar-refractivity contribution in [2.45, 2.75) is 5.22 Å². The van der Waals surface area contributed by atoms with Crippen LogP contribution in [0.15, 0.2) is 45.4 Å². The highest BCUT2D eigenvalue weighted by Crippen LogP contribution is 2.28. The standard InChI is InChI=1S/C12H9N3OS2/c1-17-12-15-14-10(16-12)9-7-18-11(13-9)8-5-3-2-4-6-8/h2-7H,1H3. The lowest BCUT2D eigenvalue weighted by Gasteiger charge is -1.93. The quantitative estimate of drug-likeness (QED) is 0.684. The molecular weight excluding hydrogens is 266 g/mol. The summed E-state index contributed by atoms with van der Waals surface area (Å²) in [5.41, 5.74) is 1.82. The van der Waals surface area contributed by atoms with E-state index in [1.54, 1.807) is 11.3 Å². The van der Waals surface area contributed by atoms with E-state index in [1.807, 2.05) is 42.0 Å². The topological polar surface area (TPSA) is 51.8 Å². The van der Waals surface area contributed by atoms with Crippen LogP contribution in [0.3, 0.4) is 0 Å². The first-order valence-electron chi connectivity index (χ1n) is 5.25. The molecule has 4 nitrogen and oxygen atoms in total. The second kappa shape index (κ2) is 4.91. The third-order valence-corrected chi connectivity index (χ3v) is 3.73. The molecule has 0 fully saturated rings. The number of thiazole rings is 1. The lowest BCUT2D eigenvalue weighted by molar-refractivity contribution is 0.465.